The molecular weight excluding hydrogens is 258 g/mol. The first kappa shape index (κ1) is 16.1. The summed E-state index contributed by atoms with van der Waals surface area (Å²) in [6.07, 6.45) is 1.20. The van der Waals surface area contributed by atoms with Gasteiger partial charge in [0, 0.05) is 6.54 Å². The first-order chi connectivity index (χ1) is 9.50. The first-order valence-corrected chi connectivity index (χ1v) is 6.55. The number of carbonyl (C=O) groups is 2. The highest BCUT2D eigenvalue weighted by Crippen LogP contribution is 2.12. The molecule has 0 aliphatic rings. The van der Waals surface area contributed by atoms with Crippen molar-refractivity contribution in [3.8, 4) is 0 Å². The number of unbranched alkanes of at least 4 members (excludes halogenated alkanes) is 1. The van der Waals surface area contributed by atoms with Crippen molar-refractivity contribution in [3.05, 3.63) is 35.9 Å². The molecule has 6 heteroatoms. The number of nitrogens with two attached hydrogens (primary N) is 2. The minimum atomic E-state index is -1.90. The normalized spacial score (nSPS) is 13.5. The summed E-state index contributed by atoms with van der Waals surface area (Å²) in [4.78, 5) is 23.3. The Bertz CT molecular complexity index is 450. The molecule has 0 saturated carbocycles. The first-order valence-electron chi connectivity index (χ1n) is 6.55. The third-order valence-electron chi connectivity index (χ3n) is 3.11. The molecule has 0 aromatic heterocycles. The number of nitrogens with one attached hydrogen (secondary N) is 1. The zero-order valence-electron chi connectivity index (χ0n) is 11.3. The van der Waals surface area contributed by atoms with E-state index in [0.29, 0.717) is 19.4 Å². The lowest BCUT2D eigenvalue weighted by Gasteiger charge is -2.23. The fourth-order valence-electron chi connectivity index (χ4n) is 1.80. The lowest BCUT2D eigenvalue weighted by molar-refractivity contribution is -0.149. The molecule has 6 N–H and O–H groups in total. The van der Waals surface area contributed by atoms with E-state index in [1.54, 1.807) is 0 Å². The Balaban J connectivity index is 2.62. The van der Waals surface area contributed by atoms with Crippen molar-refractivity contribution in [2.75, 3.05) is 6.54 Å². The molecule has 20 heavy (non-hydrogen) atoms. The van der Waals surface area contributed by atoms with E-state index in [1.165, 1.54) is 0 Å². The van der Waals surface area contributed by atoms with Gasteiger partial charge in [-0.25, -0.2) is 4.79 Å². The minimum absolute atomic E-state index is 0.0696. The lowest BCUT2D eigenvalue weighted by atomic mass is 9.92. The van der Waals surface area contributed by atoms with Crippen molar-refractivity contribution in [2.24, 2.45) is 11.5 Å². The van der Waals surface area contributed by atoms with E-state index in [9.17, 15) is 14.7 Å². The fourth-order valence-corrected chi connectivity index (χ4v) is 1.80. The summed E-state index contributed by atoms with van der Waals surface area (Å²) in [6.45, 7) is 0.699. The molecule has 1 unspecified atom stereocenters. The van der Waals surface area contributed by atoms with Crippen molar-refractivity contribution >= 4 is 11.9 Å². The minimum Gasteiger partial charge on any atom is -0.479 e. The zero-order valence-corrected chi connectivity index (χ0v) is 11.3. The van der Waals surface area contributed by atoms with Crippen LogP contribution in [-0.2, 0) is 16.1 Å². The van der Waals surface area contributed by atoms with E-state index in [1.807, 2.05) is 30.3 Å². The number of carboxylic acids is 1. The topological polar surface area (TPSA) is 118 Å². The molecule has 0 radical (unpaired) electrons. The molecule has 1 amide bonds. The van der Waals surface area contributed by atoms with E-state index in [0.717, 1.165) is 5.56 Å². The summed E-state index contributed by atoms with van der Waals surface area (Å²) < 4.78 is 0. The van der Waals surface area contributed by atoms with Gasteiger partial charge in [-0.2, -0.15) is 0 Å². The molecule has 1 aromatic rings. The van der Waals surface area contributed by atoms with Gasteiger partial charge in [-0.3, -0.25) is 4.79 Å². The van der Waals surface area contributed by atoms with Crippen LogP contribution in [0.1, 0.15) is 24.8 Å². The Morgan fingerprint density at radius 3 is 2.40 bits per heavy atom. The predicted molar refractivity (Wildman–Crippen MR) is 75.7 cm³/mol. The van der Waals surface area contributed by atoms with Crippen LogP contribution in [0, 0.1) is 0 Å². The van der Waals surface area contributed by atoms with E-state index in [2.05, 4.69) is 5.32 Å². The fraction of sp³-hybridized carbons (Fsp3) is 0.429. The molecule has 0 heterocycles. The standard InChI is InChI=1S/C14H21N3O3/c15-9-5-4-8-14(16,13(19)20)12(18)17-10-11-6-2-1-3-7-11/h1-3,6-7H,4-5,8-10,15-16H2,(H,17,18)(H,19,20). The van der Waals surface area contributed by atoms with E-state index >= 15 is 0 Å². The summed E-state index contributed by atoms with van der Waals surface area (Å²) in [6, 6.07) is 9.23. The lowest BCUT2D eigenvalue weighted by Crippen LogP contribution is -2.59. The second kappa shape index (κ2) is 7.62. The van der Waals surface area contributed by atoms with Gasteiger partial charge in [-0.15, -0.1) is 0 Å². The Kier molecular flexibility index (Phi) is 6.14. The van der Waals surface area contributed by atoms with Gasteiger partial charge in [-0.05, 0) is 31.4 Å². The van der Waals surface area contributed by atoms with Crippen LogP contribution in [0.5, 0.6) is 0 Å². The number of hydrogen-bond acceptors (Lipinski definition) is 4. The maximum absolute atomic E-state index is 12.0. The molecule has 110 valence electrons. The Labute approximate surface area is 118 Å². The Hall–Kier alpha value is -1.92. The van der Waals surface area contributed by atoms with Crippen LogP contribution in [0.2, 0.25) is 0 Å². The SMILES string of the molecule is NCCCCC(N)(C(=O)O)C(=O)NCc1ccccc1. The van der Waals surface area contributed by atoms with Crippen LogP contribution < -0.4 is 16.8 Å². The average Bonchev–Trinajstić information content (AvgIpc) is 2.45. The van der Waals surface area contributed by atoms with Crippen LogP contribution in [0.15, 0.2) is 30.3 Å². The van der Waals surface area contributed by atoms with Crippen LogP contribution >= 0.6 is 0 Å². The highest BCUT2D eigenvalue weighted by Gasteiger charge is 2.41. The second-order valence-corrected chi connectivity index (χ2v) is 4.69. The van der Waals surface area contributed by atoms with Gasteiger partial charge >= 0.3 is 5.97 Å². The van der Waals surface area contributed by atoms with Crippen LogP contribution in [0.4, 0.5) is 0 Å². The molecule has 1 rings (SSSR count). The number of amides is 1. The number of carbonyl (C=O) groups excluding carboxylic acids is 1. The third kappa shape index (κ3) is 4.32. The molecule has 0 bridgehead atoms. The van der Waals surface area contributed by atoms with Crippen molar-refractivity contribution in [1.29, 1.82) is 0 Å². The van der Waals surface area contributed by atoms with Crippen LogP contribution in [-0.4, -0.2) is 29.1 Å². The molecule has 0 fully saturated rings. The monoisotopic (exact) mass is 279 g/mol. The highest BCUT2D eigenvalue weighted by atomic mass is 16.4. The van der Waals surface area contributed by atoms with Crippen molar-refractivity contribution in [3.63, 3.8) is 0 Å². The third-order valence-corrected chi connectivity index (χ3v) is 3.11. The quantitative estimate of drug-likeness (QED) is 0.401. The van der Waals surface area contributed by atoms with Gasteiger partial charge in [0.1, 0.15) is 0 Å². The molecule has 0 saturated heterocycles. The highest BCUT2D eigenvalue weighted by molar-refractivity contribution is 6.06. The largest absolute Gasteiger partial charge is 0.479 e. The smallest absolute Gasteiger partial charge is 0.333 e. The Morgan fingerprint density at radius 1 is 1.20 bits per heavy atom. The second-order valence-electron chi connectivity index (χ2n) is 4.69. The number of rotatable bonds is 8. The van der Waals surface area contributed by atoms with Gasteiger partial charge in [-0.1, -0.05) is 30.3 Å². The molecular formula is C14H21N3O3. The van der Waals surface area contributed by atoms with Gasteiger partial charge in [0.25, 0.3) is 5.91 Å². The summed E-state index contributed by atoms with van der Waals surface area (Å²) in [5.74, 6) is -1.99. The van der Waals surface area contributed by atoms with Gasteiger partial charge in [0.15, 0.2) is 5.54 Å². The molecule has 1 aromatic carbocycles. The van der Waals surface area contributed by atoms with E-state index in [4.69, 9.17) is 11.5 Å². The number of benzene rings is 1. The van der Waals surface area contributed by atoms with Gasteiger partial charge < -0.3 is 21.9 Å². The van der Waals surface area contributed by atoms with Gasteiger partial charge in [0.2, 0.25) is 0 Å². The van der Waals surface area contributed by atoms with Crippen molar-refractivity contribution in [2.45, 2.75) is 31.3 Å². The number of carboxylic acid groups (broad SMARTS) is 1. The maximum Gasteiger partial charge on any atom is 0.333 e. The van der Waals surface area contributed by atoms with E-state index < -0.39 is 17.4 Å². The molecule has 0 aliphatic heterocycles. The Morgan fingerprint density at radius 2 is 1.85 bits per heavy atom. The molecule has 6 nitrogen and oxygen atoms in total. The summed E-state index contributed by atoms with van der Waals surface area (Å²) in [5.41, 5.74) is 10.1. The summed E-state index contributed by atoms with van der Waals surface area (Å²) in [7, 11) is 0. The van der Waals surface area contributed by atoms with E-state index in [-0.39, 0.29) is 13.0 Å². The van der Waals surface area contributed by atoms with Crippen molar-refractivity contribution < 1.29 is 14.7 Å². The number of aliphatic carboxylic acids is 1. The zero-order chi connectivity index (χ0) is 15.0. The van der Waals surface area contributed by atoms with Crippen LogP contribution in [0.3, 0.4) is 0 Å². The summed E-state index contributed by atoms with van der Waals surface area (Å²) >= 11 is 0. The van der Waals surface area contributed by atoms with Crippen LogP contribution in [0.25, 0.3) is 0 Å². The maximum atomic E-state index is 12.0. The number of hydrogen-bond donors (Lipinski definition) is 4. The predicted octanol–water partition coefficient (Wildman–Crippen LogP) is 0.214. The van der Waals surface area contributed by atoms with Crippen molar-refractivity contribution in [1.82, 2.24) is 5.32 Å². The molecule has 1 atom stereocenters. The average molecular weight is 279 g/mol. The summed E-state index contributed by atoms with van der Waals surface area (Å²) in [5, 5.41) is 11.8. The van der Waals surface area contributed by atoms with Gasteiger partial charge in [0.05, 0.1) is 0 Å². The molecule has 0 aliphatic carbocycles. The molecule has 0 spiro atoms.